The molecule has 0 saturated carbocycles. The number of carbonyl (C=O) groups excluding carboxylic acids is 1. The fourth-order valence-corrected chi connectivity index (χ4v) is 5.18. The van der Waals surface area contributed by atoms with Crippen molar-refractivity contribution in [1.29, 1.82) is 0 Å². The molecule has 10 nitrogen and oxygen atoms in total. The topological polar surface area (TPSA) is 140 Å². The lowest BCUT2D eigenvalue weighted by Crippen LogP contribution is -2.40. The minimum atomic E-state index is -4.10. The van der Waals surface area contributed by atoms with E-state index in [2.05, 4.69) is 15.1 Å². The Balaban J connectivity index is 2.68. The van der Waals surface area contributed by atoms with E-state index < -0.39 is 27.1 Å². The monoisotopic (exact) mass is 522 g/mol. The number of aromatic nitrogens is 2. The molecule has 0 spiro atoms. The van der Waals surface area contributed by atoms with Crippen LogP contribution >= 0.6 is 0 Å². The lowest BCUT2D eigenvalue weighted by molar-refractivity contribution is -0.120. The smallest absolute Gasteiger partial charge is 0.356 e. The van der Waals surface area contributed by atoms with Gasteiger partial charge in [0.2, 0.25) is 21.8 Å². The summed E-state index contributed by atoms with van der Waals surface area (Å²) in [5.74, 6) is -1.54. The number of rotatable bonds is 9. The van der Waals surface area contributed by atoms with Crippen molar-refractivity contribution >= 4 is 27.6 Å². The molecular weight excluding hydrogens is 484 g/mol. The number of nitrogens with zero attached hydrogens (tertiary/aromatic N) is 2. The van der Waals surface area contributed by atoms with Gasteiger partial charge in [-0.3, -0.25) is 4.79 Å². The Labute approximate surface area is 213 Å². The Morgan fingerprint density at radius 1 is 1.11 bits per heavy atom. The first-order valence-electron chi connectivity index (χ1n) is 11.9. The molecule has 0 aliphatic carbocycles. The highest BCUT2D eigenvalue weighted by Gasteiger charge is 2.31. The second-order valence-electron chi connectivity index (χ2n) is 10.8. The van der Waals surface area contributed by atoms with Gasteiger partial charge in [-0.25, -0.2) is 22.6 Å². The van der Waals surface area contributed by atoms with Crippen LogP contribution in [0.1, 0.15) is 84.3 Å². The van der Waals surface area contributed by atoms with Crippen molar-refractivity contribution in [3.05, 3.63) is 29.5 Å². The number of carbonyl (C=O) groups is 2. The Bertz CT molecular complexity index is 1230. The minimum Gasteiger partial charge on any atom is -0.476 e. The van der Waals surface area contributed by atoms with Crippen molar-refractivity contribution < 1.29 is 27.9 Å². The van der Waals surface area contributed by atoms with Gasteiger partial charge in [-0.1, -0.05) is 13.8 Å². The van der Waals surface area contributed by atoms with Gasteiger partial charge in [0.15, 0.2) is 5.69 Å². The number of amides is 1. The number of hydrogen-bond donors (Lipinski definition) is 3. The molecule has 1 aromatic carbocycles. The number of hydrogen-bond acceptors (Lipinski definition) is 6. The maximum Gasteiger partial charge on any atom is 0.356 e. The normalized spacial score (nSPS) is 12.6. The maximum absolute atomic E-state index is 13.4. The Hall–Kier alpha value is -2.92. The van der Waals surface area contributed by atoms with Crippen LogP contribution in [0.5, 0.6) is 11.6 Å². The van der Waals surface area contributed by atoms with Gasteiger partial charge in [-0.2, -0.15) is 5.10 Å². The summed E-state index contributed by atoms with van der Waals surface area (Å²) in [6, 6.07) is 4.34. The average molecular weight is 523 g/mol. The van der Waals surface area contributed by atoms with Crippen LogP contribution in [0.15, 0.2) is 23.1 Å². The van der Waals surface area contributed by atoms with Crippen molar-refractivity contribution in [3.8, 4) is 11.6 Å². The fraction of sp³-hybridized carbons (Fsp3) is 0.560. The quantitative estimate of drug-likeness (QED) is 0.426. The van der Waals surface area contributed by atoms with E-state index in [-0.39, 0.29) is 39.6 Å². The van der Waals surface area contributed by atoms with Gasteiger partial charge in [0.1, 0.15) is 10.6 Å². The predicted molar refractivity (Wildman–Crippen MR) is 138 cm³/mol. The van der Waals surface area contributed by atoms with E-state index >= 15 is 0 Å². The number of aromatic carboxylic acids is 1. The van der Waals surface area contributed by atoms with Gasteiger partial charge >= 0.3 is 5.97 Å². The molecule has 1 aromatic heterocycles. The van der Waals surface area contributed by atoms with Crippen LogP contribution in [0.2, 0.25) is 0 Å². The first-order valence-corrected chi connectivity index (χ1v) is 13.4. The van der Waals surface area contributed by atoms with E-state index in [0.29, 0.717) is 18.5 Å². The Kier molecular flexibility index (Phi) is 8.63. The summed E-state index contributed by atoms with van der Waals surface area (Å²) in [6.07, 6.45) is 1.31. The Morgan fingerprint density at radius 2 is 1.69 bits per heavy atom. The third-order valence-electron chi connectivity index (χ3n) is 5.41. The number of carboxylic acids is 1. The van der Waals surface area contributed by atoms with Crippen molar-refractivity contribution in [3.63, 3.8) is 0 Å². The molecule has 0 atom stereocenters. The van der Waals surface area contributed by atoms with E-state index in [1.165, 1.54) is 16.8 Å². The van der Waals surface area contributed by atoms with E-state index in [9.17, 15) is 23.1 Å². The van der Waals surface area contributed by atoms with Crippen LogP contribution < -0.4 is 14.8 Å². The molecule has 1 amide bonds. The molecule has 0 aliphatic heterocycles. The fourth-order valence-electron chi connectivity index (χ4n) is 3.60. The zero-order chi connectivity index (χ0) is 27.6. The summed E-state index contributed by atoms with van der Waals surface area (Å²) in [6.45, 7) is 16.0. The highest BCUT2D eigenvalue weighted by molar-refractivity contribution is 7.89. The zero-order valence-electron chi connectivity index (χ0n) is 22.5. The maximum atomic E-state index is 13.4. The van der Waals surface area contributed by atoms with Gasteiger partial charge in [0, 0.05) is 22.7 Å². The van der Waals surface area contributed by atoms with Crippen LogP contribution in [0.25, 0.3) is 0 Å². The molecule has 2 rings (SSSR count). The summed E-state index contributed by atoms with van der Waals surface area (Å²) < 4.78 is 36.9. The van der Waals surface area contributed by atoms with Gasteiger partial charge in [0.25, 0.3) is 0 Å². The first-order chi connectivity index (χ1) is 16.4. The molecular formula is C25H38N4O6S. The molecule has 0 saturated heterocycles. The highest BCUT2D eigenvalue weighted by atomic mass is 32.2. The first kappa shape index (κ1) is 29.3. The second kappa shape index (κ2) is 10.6. The SMILES string of the molecule is CCC(CC)C(=O)Nc1ccc(Oc2c(C)c(C(=O)O)nn2C(C)(C)C)c(S(=O)(=O)NC(C)(C)C)c1. The summed E-state index contributed by atoms with van der Waals surface area (Å²) in [5.41, 5.74) is -1.06. The molecule has 0 unspecified atom stereocenters. The molecule has 36 heavy (non-hydrogen) atoms. The summed E-state index contributed by atoms with van der Waals surface area (Å²) in [7, 11) is -4.10. The van der Waals surface area contributed by atoms with Crippen LogP contribution in [-0.2, 0) is 20.4 Å². The molecule has 2 aromatic rings. The molecule has 1 heterocycles. The standard InChI is InChI=1S/C25H38N4O6S/c1-10-16(11-2)21(30)26-17-12-13-18(19(14-17)36(33,34)28-24(4,5)6)35-22-15(3)20(23(31)32)27-29(22)25(7,8)9/h12-14,16,28H,10-11H2,1-9H3,(H,26,30)(H,31,32). The molecule has 0 radical (unpaired) electrons. The molecule has 0 bridgehead atoms. The molecule has 11 heteroatoms. The number of sulfonamides is 1. The van der Waals surface area contributed by atoms with Crippen molar-refractivity contribution in [1.82, 2.24) is 14.5 Å². The molecule has 200 valence electrons. The number of benzene rings is 1. The second-order valence-corrected chi connectivity index (χ2v) is 12.4. The van der Waals surface area contributed by atoms with Gasteiger partial charge in [-0.15, -0.1) is 0 Å². The lowest BCUT2D eigenvalue weighted by atomic mass is 10.0. The highest BCUT2D eigenvalue weighted by Crippen LogP contribution is 2.36. The largest absolute Gasteiger partial charge is 0.476 e. The summed E-state index contributed by atoms with van der Waals surface area (Å²) in [4.78, 5) is 24.2. The lowest BCUT2D eigenvalue weighted by Gasteiger charge is -2.24. The molecule has 0 aliphatic rings. The average Bonchev–Trinajstić information content (AvgIpc) is 3.05. The third-order valence-corrected chi connectivity index (χ3v) is 7.19. The van der Waals surface area contributed by atoms with Gasteiger partial charge in [-0.05, 0) is 79.5 Å². The van der Waals surface area contributed by atoms with Crippen molar-refractivity contribution in [2.75, 3.05) is 5.32 Å². The number of anilines is 1. The Morgan fingerprint density at radius 3 is 2.17 bits per heavy atom. The van der Waals surface area contributed by atoms with E-state index in [1.807, 2.05) is 34.6 Å². The van der Waals surface area contributed by atoms with E-state index in [1.54, 1.807) is 33.8 Å². The number of ether oxygens (including phenoxy) is 1. The van der Waals surface area contributed by atoms with Gasteiger partial charge < -0.3 is 15.2 Å². The van der Waals surface area contributed by atoms with Crippen LogP contribution in [0.4, 0.5) is 5.69 Å². The van der Waals surface area contributed by atoms with E-state index in [0.717, 1.165) is 0 Å². The van der Waals surface area contributed by atoms with Crippen LogP contribution in [0.3, 0.4) is 0 Å². The third kappa shape index (κ3) is 6.85. The van der Waals surface area contributed by atoms with Crippen LogP contribution in [-0.4, -0.2) is 40.7 Å². The van der Waals surface area contributed by atoms with E-state index in [4.69, 9.17) is 4.74 Å². The van der Waals surface area contributed by atoms with Crippen molar-refractivity contribution in [2.45, 2.75) is 91.1 Å². The molecule has 3 N–H and O–H groups in total. The molecule has 0 fully saturated rings. The number of nitrogens with one attached hydrogen (secondary N) is 2. The van der Waals surface area contributed by atoms with Crippen molar-refractivity contribution in [2.24, 2.45) is 5.92 Å². The minimum absolute atomic E-state index is 0.0299. The summed E-state index contributed by atoms with van der Waals surface area (Å²) in [5, 5.41) is 16.6. The number of carboxylic acid groups (broad SMARTS) is 1. The van der Waals surface area contributed by atoms with Crippen LogP contribution in [0, 0.1) is 12.8 Å². The predicted octanol–water partition coefficient (Wildman–Crippen LogP) is 4.89. The summed E-state index contributed by atoms with van der Waals surface area (Å²) >= 11 is 0. The van der Waals surface area contributed by atoms with Gasteiger partial charge in [0.05, 0.1) is 5.54 Å². The zero-order valence-corrected chi connectivity index (χ0v) is 23.3.